The molecule has 1 aromatic carbocycles. The van der Waals surface area contributed by atoms with Crippen molar-refractivity contribution in [3.8, 4) is 0 Å². The van der Waals surface area contributed by atoms with Crippen molar-refractivity contribution >= 4 is 29.0 Å². The van der Waals surface area contributed by atoms with Crippen molar-refractivity contribution in [3.63, 3.8) is 0 Å². The average molecular weight is 352 g/mol. The number of aryl methyl sites for hydroxylation is 1. The third kappa shape index (κ3) is 3.43. The molecule has 0 bridgehead atoms. The van der Waals surface area contributed by atoms with Crippen molar-refractivity contribution in [2.24, 2.45) is 0 Å². The first-order chi connectivity index (χ1) is 11.4. The molecule has 2 rings (SSSR count). The van der Waals surface area contributed by atoms with E-state index in [2.05, 4.69) is 5.10 Å². The fraction of sp³-hybridized carbons (Fsp3) is 0.267. The van der Waals surface area contributed by atoms with Crippen LogP contribution in [0.1, 0.15) is 40.4 Å². The molecule has 24 heavy (non-hydrogen) atoms. The maximum Gasteiger partial charge on any atom is 0.356 e. The number of benzene rings is 1. The Morgan fingerprint density at radius 1 is 1.33 bits per heavy atom. The Bertz CT molecular complexity index is 815. The van der Waals surface area contributed by atoms with E-state index in [9.17, 15) is 19.7 Å². The molecule has 1 heterocycles. The number of carbonyl (C=O) groups is 2. The van der Waals surface area contributed by atoms with Gasteiger partial charge in [0.2, 0.25) is 5.78 Å². The molecular formula is C15H14ClN3O5. The van der Waals surface area contributed by atoms with Gasteiger partial charge in [-0.05, 0) is 26.0 Å². The molecule has 0 aliphatic rings. The summed E-state index contributed by atoms with van der Waals surface area (Å²) in [4.78, 5) is 34.9. The number of hydrogen-bond donors (Lipinski definition) is 0. The molecule has 126 valence electrons. The minimum atomic E-state index is -0.693. The Morgan fingerprint density at radius 2 is 2.04 bits per heavy atom. The van der Waals surface area contributed by atoms with Gasteiger partial charge in [-0.1, -0.05) is 11.6 Å². The Hall–Kier alpha value is -2.74. The fourth-order valence-electron chi connectivity index (χ4n) is 2.13. The summed E-state index contributed by atoms with van der Waals surface area (Å²) >= 11 is 5.83. The summed E-state index contributed by atoms with van der Waals surface area (Å²) in [5.74, 6) is -1.31. The highest BCUT2D eigenvalue weighted by atomic mass is 35.5. The van der Waals surface area contributed by atoms with E-state index in [4.69, 9.17) is 16.3 Å². The molecule has 0 aliphatic carbocycles. The molecule has 0 spiro atoms. The van der Waals surface area contributed by atoms with Crippen molar-refractivity contribution in [2.75, 3.05) is 6.61 Å². The molecule has 0 radical (unpaired) electrons. The number of ether oxygens (including phenoxy) is 1. The van der Waals surface area contributed by atoms with E-state index in [0.717, 1.165) is 6.07 Å². The second-order valence-corrected chi connectivity index (χ2v) is 5.14. The lowest BCUT2D eigenvalue weighted by atomic mass is 10.1. The van der Waals surface area contributed by atoms with Crippen molar-refractivity contribution in [1.29, 1.82) is 0 Å². The van der Waals surface area contributed by atoms with E-state index in [-0.39, 0.29) is 34.3 Å². The molecule has 2 aromatic rings. The Morgan fingerprint density at radius 3 is 2.62 bits per heavy atom. The summed E-state index contributed by atoms with van der Waals surface area (Å²) in [5.41, 5.74) is -0.561. The molecule has 1 aromatic heterocycles. The number of esters is 1. The number of nitro benzene ring substituents is 1. The van der Waals surface area contributed by atoms with Gasteiger partial charge in [-0.2, -0.15) is 5.10 Å². The van der Waals surface area contributed by atoms with Crippen LogP contribution in [0.15, 0.2) is 24.3 Å². The van der Waals surface area contributed by atoms with E-state index in [0.29, 0.717) is 6.54 Å². The lowest BCUT2D eigenvalue weighted by Gasteiger charge is -2.02. The van der Waals surface area contributed by atoms with Crippen LogP contribution >= 0.6 is 11.6 Å². The van der Waals surface area contributed by atoms with E-state index in [1.54, 1.807) is 13.8 Å². The van der Waals surface area contributed by atoms with Crippen LogP contribution in [0.2, 0.25) is 5.02 Å². The molecule has 0 atom stereocenters. The first kappa shape index (κ1) is 17.6. The number of hydrogen-bond acceptors (Lipinski definition) is 6. The molecule has 0 unspecified atom stereocenters. The highest BCUT2D eigenvalue weighted by Crippen LogP contribution is 2.25. The second kappa shape index (κ2) is 7.22. The van der Waals surface area contributed by atoms with Gasteiger partial charge in [0.25, 0.3) is 5.69 Å². The zero-order valence-corrected chi connectivity index (χ0v) is 13.7. The quantitative estimate of drug-likeness (QED) is 0.343. The number of nitro groups is 1. The number of ketones is 1. The minimum Gasteiger partial charge on any atom is -0.461 e. The Labute approximate surface area is 142 Å². The van der Waals surface area contributed by atoms with Gasteiger partial charge in [0.15, 0.2) is 0 Å². The number of halogens is 1. The van der Waals surface area contributed by atoms with Crippen molar-refractivity contribution in [3.05, 3.63) is 56.4 Å². The number of carbonyl (C=O) groups excluding carboxylic acids is 2. The third-order valence-electron chi connectivity index (χ3n) is 3.20. The number of nitrogens with zero attached hydrogens (tertiary/aromatic N) is 3. The third-order valence-corrected chi connectivity index (χ3v) is 3.43. The van der Waals surface area contributed by atoms with Gasteiger partial charge in [0.1, 0.15) is 17.0 Å². The average Bonchev–Trinajstić information content (AvgIpc) is 2.98. The molecule has 0 saturated heterocycles. The highest BCUT2D eigenvalue weighted by Gasteiger charge is 2.26. The zero-order valence-electron chi connectivity index (χ0n) is 13.0. The molecule has 8 nitrogen and oxygen atoms in total. The Balaban J connectivity index is 2.50. The molecule has 0 aliphatic heterocycles. The standard InChI is InChI=1S/C15H14ClN3O5/c1-3-18-13(15(21)24-4-2)8-11(17-18)14(20)10-7-9(16)5-6-12(10)19(22)23/h5-8H,3-4H2,1-2H3. The fourth-order valence-corrected chi connectivity index (χ4v) is 2.30. The number of aromatic nitrogens is 2. The van der Waals surface area contributed by atoms with Crippen LogP contribution in [-0.2, 0) is 11.3 Å². The summed E-state index contributed by atoms with van der Waals surface area (Å²) in [6.07, 6.45) is 0. The van der Waals surface area contributed by atoms with Crippen LogP contribution in [0, 0.1) is 10.1 Å². The summed E-state index contributed by atoms with van der Waals surface area (Å²) in [5, 5.41) is 15.3. The van der Waals surface area contributed by atoms with Crippen LogP contribution in [0.4, 0.5) is 5.69 Å². The molecule has 0 saturated carbocycles. The van der Waals surface area contributed by atoms with Crippen molar-refractivity contribution < 1.29 is 19.2 Å². The first-order valence-electron chi connectivity index (χ1n) is 7.12. The summed E-state index contributed by atoms with van der Waals surface area (Å²) in [6.45, 7) is 3.91. The van der Waals surface area contributed by atoms with Crippen LogP contribution in [0.25, 0.3) is 0 Å². The first-order valence-corrected chi connectivity index (χ1v) is 7.50. The lowest BCUT2D eigenvalue weighted by molar-refractivity contribution is -0.385. The predicted octanol–water partition coefficient (Wildman–Crippen LogP) is 2.87. The van der Waals surface area contributed by atoms with E-state index in [1.807, 2.05) is 0 Å². The van der Waals surface area contributed by atoms with E-state index >= 15 is 0 Å². The lowest BCUT2D eigenvalue weighted by Crippen LogP contribution is -2.12. The molecule has 0 fully saturated rings. The normalized spacial score (nSPS) is 10.5. The second-order valence-electron chi connectivity index (χ2n) is 4.70. The predicted molar refractivity (Wildman–Crippen MR) is 85.4 cm³/mol. The number of rotatable bonds is 6. The molecule has 0 amide bonds. The van der Waals surface area contributed by atoms with E-state index < -0.39 is 16.7 Å². The van der Waals surface area contributed by atoms with Gasteiger partial charge < -0.3 is 4.74 Å². The smallest absolute Gasteiger partial charge is 0.356 e. The minimum absolute atomic E-state index is 0.0923. The van der Waals surface area contributed by atoms with Gasteiger partial charge in [0, 0.05) is 23.7 Å². The van der Waals surface area contributed by atoms with Crippen LogP contribution in [0.5, 0.6) is 0 Å². The summed E-state index contributed by atoms with van der Waals surface area (Å²) < 4.78 is 6.22. The SMILES string of the molecule is CCOC(=O)c1cc(C(=O)c2cc(Cl)ccc2[N+](=O)[O-])nn1CC. The topological polar surface area (TPSA) is 104 Å². The van der Waals surface area contributed by atoms with Gasteiger partial charge in [-0.25, -0.2) is 4.79 Å². The van der Waals surface area contributed by atoms with Crippen molar-refractivity contribution in [2.45, 2.75) is 20.4 Å². The van der Waals surface area contributed by atoms with E-state index in [1.165, 1.54) is 22.9 Å². The van der Waals surface area contributed by atoms with Gasteiger partial charge in [-0.15, -0.1) is 0 Å². The molecule has 9 heteroatoms. The monoisotopic (exact) mass is 351 g/mol. The van der Waals surface area contributed by atoms with Gasteiger partial charge in [0.05, 0.1) is 11.5 Å². The summed E-state index contributed by atoms with van der Waals surface area (Å²) in [6, 6.07) is 4.94. The van der Waals surface area contributed by atoms with Crippen LogP contribution in [-0.4, -0.2) is 33.1 Å². The maximum absolute atomic E-state index is 12.6. The van der Waals surface area contributed by atoms with Gasteiger partial charge in [-0.3, -0.25) is 19.6 Å². The summed E-state index contributed by atoms with van der Waals surface area (Å²) in [7, 11) is 0. The van der Waals surface area contributed by atoms with Crippen LogP contribution in [0.3, 0.4) is 0 Å². The maximum atomic E-state index is 12.6. The largest absolute Gasteiger partial charge is 0.461 e. The van der Waals surface area contributed by atoms with Crippen LogP contribution < -0.4 is 0 Å². The highest BCUT2D eigenvalue weighted by molar-refractivity contribution is 6.31. The van der Waals surface area contributed by atoms with Crippen molar-refractivity contribution in [1.82, 2.24) is 9.78 Å². The Kier molecular flexibility index (Phi) is 5.30. The zero-order chi connectivity index (χ0) is 17.9. The molecule has 0 N–H and O–H groups in total. The van der Waals surface area contributed by atoms with Gasteiger partial charge >= 0.3 is 5.97 Å². The molecular weight excluding hydrogens is 338 g/mol.